The maximum Gasteiger partial charge on any atom is 0.243 e. The van der Waals surface area contributed by atoms with Gasteiger partial charge in [0.15, 0.2) is 0 Å². The van der Waals surface area contributed by atoms with E-state index in [4.69, 9.17) is 10.5 Å². The highest BCUT2D eigenvalue weighted by atomic mass is 16.5. The van der Waals surface area contributed by atoms with Crippen LogP contribution >= 0.6 is 0 Å². The SMILES string of the molecule is COc1cccc(NC2(C(N)=O)CCCCC2)c1. The van der Waals surface area contributed by atoms with E-state index in [2.05, 4.69) is 5.32 Å². The highest BCUT2D eigenvalue weighted by Gasteiger charge is 2.37. The second-order valence-corrected chi connectivity index (χ2v) is 4.86. The molecule has 0 bridgehead atoms. The first kappa shape index (κ1) is 12.7. The largest absolute Gasteiger partial charge is 0.497 e. The number of rotatable bonds is 4. The molecule has 1 aliphatic carbocycles. The number of carbonyl (C=O) groups excluding carboxylic acids is 1. The van der Waals surface area contributed by atoms with E-state index in [1.807, 2.05) is 24.3 Å². The van der Waals surface area contributed by atoms with E-state index >= 15 is 0 Å². The van der Waals surface area contributed by atoms with Crippen molar-refractivity contribution in [3.8, 4) is 5.75 Å². The van der Waals surface area contributed by atoms with E-state index in [1.165, 1.54) is 6.42 Å². The van der Waals surface area contributed by atoms with Crippen LogP contribution in [0.2, 0.25) is 0 Å². The van der Waals surface area contributed by atoms with E-state index in [0.29, 0.717) is 0 Å². The minimum Gasteiger partial charge on any atom is -0.497 e. The summed E-state index contributed by atoms with van der Waals surface area (Å²) in [4.78, 5) is 11.8. The zero-order chi connectivity index (χ0) is 13.0. The lowest BCUT2D eigenvalue weighted by atomic mass is 9.81. The number of nitrogens with two attached hydrogens (primary N) is 1. The molecule has 1 aliphatic rings. The van der Waals surface area contributed by atoms with Gasteiger partial charge in [-0.15, -0.1) is 0 Å². The maximum absolute atomic E-state index is 11.8. The first-order valence-corrected chi connectivity index (χ1v) is 6.38. The highest BCUT2D eigenvalue weighted by Crippen LogP contribution is 2.32. The summed E-state index contributed by atoms with van der Waals surface area (Å²) < 4.78 is 5.18. The van der Waals surface area contributed by atoms with Crippen LogP contribution in [-0.4, -0.2) is 18.6 Å². The Morgan fingerprint density at radius 2 is 2.06 bits per heavy atom. The molecule has 1 aromatic rings. The molecule has 4 nitrogen and oxygen atoms in total. The molecule has 0 spiro atoms. The van der Waals surface area contributed by atoms with Crippen LogP contribution in [0.15, 0.2) is 24.3 Å². The maximum atomic E-state index is 11.8. The van der Waals surface area contributed by atoms with E-state index < -0.39 is 5.54 Å². The van der Waals surface area contributed by atoms with Crippen molar-refractivity contribution in [3.63, 3.8) is 0 Å². The first-order chi connectivity index (χ1) is 8.66. The van der Waals surface area contributed by atoms with Crippen LogP contribution in [0.5, 0.6) is 5.75 Å². The first-order valence-electron chi connectivity index (χ1n) is 6.38. The molecule has 1 aromatic carbocycles. The predicted octanol–water partition coefficient (Wildman–Crippen LogP) is 2.30. The lowest BCUT2D eigenvalue weighted by Gasteiger charge is -2.36. The highest BCUT2D eigenvalue weighted by molar-refractivity contribution is 5.88. The molecule has 98 valence electrons. The Kier molecular flexibility index (Phi) is 3.75. The van der Waals surface area contributed by atoms with E-state index in [9.17, 15) is 4.79 Å². The monoisotopic (exact) mass is 248 g/mol. The number of ether oxygens (including phenoxy) is 1. The van der Waals surface area contributed by atoms with Gasteiger partial charge in [-0.05, 0) is 25.0 Å². The van der Waals surface area contributed by atoms with E-state index in [-0.39, 0.29) is 5.91 Å². The molecule has 4 heteroatoms. The number of nitrogens with one attached hydrogen (secondary N) is 1. The molecular formula is C14H20N2O2. The van der Waals surface area contributed by atoms with Crippen molar-refractivity contribution in [2.45, 2.75) is 37.6 Å². The second-order valence-electron chi connectivity index (χ2n) is 4.86. The van der Waals surface area contributed by atoms with Gasteiger partial charge in [0.2, 0.25) is 5.91 Å². The molecule has 2 rings (SSSR count). The number of anilines is 1. The summed E-state index contributed by atoms with van der Waals surface area (Å²) in [5.74, 6) is 0.514. The number of benzene rings is 1. The van der Waals surface area contributed by atoms with Crippen molar-refractivity contribution in [1.29, 1.82) is 0 Å². The van der Waals surface area contributed by atoms with Crippen LogP contribution in [0.4, 0.5) is 5.69 Å². The Hall–Kier alpha value is -1.71. The number of hydrogen-bond acceptors (Lipinski definition) is 3. The molecule has 0 aromatic heterocycles. The number of primary amides is 1. The average molecular weight is 248 g/mol. The third-order valence-corrected chi connectivity index (χ3v) is 3.63. The third-order valence-electron chi connectivity index (χ3n) is 3.63. The van der Waals surface area contributed by atoms with Gasteiger partial charge in [-0.3, -0.25) is 4.79 Å². The molecule has 0 radical (unpaired) electrons. The fourth-order valence-corrected chi connectivity index (χ4v) is 2.57. The zero-order valence-corrected chi connectivity index (χ0v) is 10.7. The van der Waals surface area contributed by atoms with Crippen molar-refractivity contribution in [3.05, 3.63) is 24.3 Å². The summed E-state index contributed by atoms with van der Waals surface area (Å²) in [6.45, 7) is 0. The molecule has 0 heterocycles. The normalized spacial score (nSPS) is 18.1. The molecule has 0 aliphatic heterocycles. The molecular weight excluding hydrogens is 228 g/mol. The molecule has 3 N–H and O–H groups in total. The van der Waals surface area contributed by atoms with Gasteiger partial charge in [-0.2, -0.15) is 0 Å². The van der Waals surface area contributed by atoms with Crippen LogP contribution in [0.1, 0.15) is 32.1 Å². The van der Waals surface area contributed by atoms with Crippen molar-refractivity contribution in [1.82, 2.24) is 0 Å². The van der Waals surface area contributed by atoms with Crippen LogP contribution in [-0.2, 0) is 4.79 Å². The van der Waals surface area contributed by atoms with Crippen LogP contribution in [0, 0.1) is 0 Å². The smallest absolute Gasteiger partial charge is 0.243 e. The summed E-state index contributed by atoms with van der Waals surface area (Å²) in [6.07, 6.45) is 4.87. The van der Waals surface area contributed by atoms with Gasteiger partial charge in [0, 0.05) is 11.8 Å². The Bertz CT molecular complexity index is 426. The summed E-state index contributed by atoms with van der Waals surface area (Å²) in [5, 5.41) is 3.31. The zero-order valence-electron chi connectivity index (χ0n) is 10.7. The van der Waals surface area contributed by atoms with Crippen LogP contribution in [0.3, 0.4) is 0 Å². The Morgan fingerprint density at radius 1 is 1.33 bits per heavy atom. The van der Waals surface area contributed by atoms with Gasteiger partial charge in [0.05, 0.1) is 7.11 Å². The average Bonchev–Trinajstić information content (AvgIpc) is 2.40. The lowest BCUT2D eigenvalue weighted by Crippen LogP contribution is -2.51. The van der Waals surface area contributed by atoms with Gasteiger partial charge in [-0.25, -0.2) is 0 Å². The fraction of sp³-hybridized carbons (Fsp3) is 0.500. The van der Waals surface area contributed by atoms with Crippen molar-refractivity contribution in [2.75, 3.05) is 12.4 Å². The number of carbonyl (C=O) groups is 1. The molecule has 0 atom stereocenters. The molecule has 1 amide bonds. The fourth-order valence-electron chi connectivity index (χ4n) is 2.57. The summed E-state index contributed by atoms with van der Waals surface area (Å²) in [6, 6.07) is 7.60. The van der Waals surface area contributed by atoms with Crippen LogP contribution < -0.4 is 15.8 Å². The van der Waals surface area contributed by atoms with Gasteiger partial charge in [-0.1, -0.05) is 25.3 Å². The second kappa shape index (κ2) is 5.29. The van der Waals surface area contributed by atoms with E-state index in [0.717, 1.165) is 37.1 Å². The Labute approximate surface area is 108 Å². The molecule has 0 unspecified atom stereocenters. The van der Waals surface area contributed by atoms with Crippen molar-refractivity contribution in [2.24, 2.45) is 5.73 Å². The third kappa shape index (κ3) is 2.58. The standard InChI is InChI=1S/C14H20N2O2/c1-18-12-7-5-6-11(10-12)16-14(13(15)17)8-3-2-4-9-14/h5-7,10,16H,2-4,8-9H2,1H3,(H2,15,17). The topological polar surface area (TPSA) is 64.3 Å². The van der Waals surface area contributed by atoms with Crippen LogP contribution in [0.25, 0.3) is 0 Å². The summed E-state index contributed by atoms with van der Waals surface area (Å²) in [5.41, 5.74) is 5.88. The quantitative estimate of drug-likeness (QED) is 0.859. The lowest BCUT2D eigenvalue weighted by molar-refractivity contribution is -0.123. The van der Waals surface area contributed by atoms with E-state index in [1.54, 1.807) is 7.11 Å². The predicted molar refractivity (Wildman–Crippen MR) is 71.6 cm³/mol. The van der Waals surface area contributed by atoms with Gasteiger partial charge >= 0.3 is 0 Å². The van der Waals surface area contributed by atoms with Crippen molar-refractivity contribution < 1.29 is 9.53 Å². The molecule has 1 saturated carbocycles. The number of hydrogen-bond donors (Lipinski definition) is 2. The molecule has 18 heavy (non-hydrogen) atoms. The minimum atomic E-state index is -0.593. The Morgan fingerprint density at radius 3 is 2.67 bits per heavy atom. The number of amides is 1. The summed E-state index contributed by atoms with van der Waals surface area (Å²) >= 11 is 0. The molecule has 0 saturated heterocycles. The van der Waals surface area contributed by atoms with Gasteiger partial charge < -0.3 is 15.8 Å². The van der Waals surface area contributed by atoms with Crippen molar-refractivity contribution >= 4 is 11.6 Å². The molecule has 1 fully saturated rings. The van der Waals surface area contributed by atoms with Gasteiger partial charge in [0.1, 0.15) is 11.3 Å². The minimum absolute atomic E-state index is 0.259. The number of methoxy groups -OCH3 is 1. The summed E-state index contributed by atoms with van der Waals surface area (Å²) in [7, 11) is 1.63. The Balaban J connectivity index is 2.20. The van der Waals surface area contributed by atoms with Gasteiger partial charge in [0.25, 0.3) is 0 Å².